The van der Waals surface area contributed by atoms with Crippen molar-refractivity contribution in [1.29, 1.82) is 0 Å². The average Bonchev–Trinajstić information content (AvgIpc) is 0.902. The Bertz CT molecular complexity index is 2060. The third-order valence-electron chi connectivity index (χ3n) is 20.6. The Morgan fingerprint density at radius 2 is 0.430 bits per heavy atom. The number of rotatable bonds is 86. The predicted octanol–water partition coefficient (Wildman–Crippen LogP) is 26.9. The summed E-state index contributed by atoms with van der Waals surface area (Å²) in [6, 6.07) is 0. The second-order valence-corrected chi connectivity index (χ2v) is 36.0. The molecule has 0 rings (SSSR count). The molecule has 0 amide bonds. The van der Waals surface area contributed by atoms with Crippen LogP contribution in [-0.4, -0.2) is 96.7 Å². The fraction of sp³-hybridized carbons (Fsp3) is 0.955. The number of aliphatic hydroxyl groups excluding tert-OH is 1. The monoisotopic (exact) mass is 1560 g/mol. The molecule has 0 aliphatic rings. The van der Waals surface area contributed by atoms with Crippen LogP contribution in [0.15, 0.2) is 0 Å². The Morgan fingerprint density at radius 1 is 0.252 bits per heavy atom. The highest BCUT2D eigenvalue weighted by atomic mass is 31.2. The highest BCUT2D eigenvalue weighted by Gasteiger charge is 2.31. The molecule has 107 heavy (non-hydrogen) atoms. The van der Waals surface area contributed by atoms with Gasteiger partial charge >= 0.3 is 39.5 Å². The molecule has 0 fully saturated rings. The van der Waals surface area contributed by atoms with Crippen molar-refractivity contribution in [2.45, 2.75) is 484 Å². The first-order valence-corrected chi connectivity index (χ1v) is 48.3. The van der Waals surface area contributed by atoms with Crippen molar-refractivity contribution in [3.63, 3.8) is 0 Å². The number of esters is 4. The maximum Gasteiger partial charge on any atom is 0.472 e. The van der Waals surface area contributed by atoms with Gasteiger partial charge in [-0.2, -0.15) is 0 Å². The molecule has 19 heteroatoms. The van der Waals surface area contributed by atoms with Gasteiger partial charge in [-0.05, 0) is 43.4 Å². The van der Waals surface area contributed by atoms with Crippen LogP contribution >= 0.6 is 15.6 Å². The summed E-state index contributed by atoms with van der Waals surface area (Å²) in [7, 11) is -9.93. The molecule has 0 aliphatic heterocycles. The van der Waals surface area contributed by atoms with E-state index in [1.807, 2.05) is 0 Å². The van der Waals surface area contributed by atoms with E-state index in [-0.39, 0.29) is 25.7 Å². The summed E-state index contributed by atoms with van der Waals surface area (Å²) in [6.07, 6.45) is 69.6. The first-order valence-electron chi connectivity index (χ1n) is 45.3. The zero-order valence-electron chi connectivity index (χ0n) is 70.6. The molecule has 17 nitrogen and oxygen atoms in total. The van der Waals surface area contributed by atoms with Gasteiger partial charge < -0.3 is 33.8 Å². The minimum atomic E-state index is -4.97. The summed E-state index contributed by atoms with van der Waals surface area (Å²) in [5.74, 6) is 0.210. The molecule has 2 unspecified atom stereocenters. The fourth-order valence-electron chi connectivity index (χ4n) is 13.7. The predicted molar refractivity (Wildman–Crippen MR) is 441 cm³/mol. The highest BCUT2D eigenvalue weighted by molar-refractivity contribution is 7.47. The summed E-state index contributed by atoms with van der Waals surface area (Å²) >= 11 is 0. The molecular formula is C88H172O17P2. The van der Waals surface area contributed by atoms with Crippen molar-refractivity contribution in [1.82, 2.24) is 0 Å². The first-order chi connectivity index (χ1) is 51.7. The standard InChI is InChI=1S/C88H172O17P2/c1-8-9-10-11-12-13-14-15-16-17-18-19-20-21-26-32-37-42-49-57-64-71-87(92)104-83(75-98-85(90)69-62-55-48-41-36-31-27-22-24-29-34-39-45-52-59-66-79(2)3)77-102-106(94,95)100-73-82(89)74-101-107(96,97)103-78-84(76-99-86(91)70-63-56-51-44-47-54-61-68-81(6)7)105-88(93)72-65-58-50-43-38-33-28-23-25-30-35-40-46-53-60-67-80(4)5/h79-84,89H,8-78H2,1-7H3,(H,94,95)(H,96,97)/t82-,83-,84-/m1/s1. The maximum absolute atomic E-state index is 13.2. The third kappa shape index (κ3) is 81.9. The number of phosphoric acid groups is 2. The number of aliphatic hydroxyl groups is 1. The molecule has 0 saturated heterocycles. The molecule has 0 aromatic rings. The van der Waals surface area contributed by atoms with Crippen LogP contribution in [0.3, 0.4) is 0 Å². The van der Waals surface area contributed by atoms with Crippen LogP contribution in [0.5, 0.6) is 0 Å². The molecule has 0 spiro atoms. The summed E-state index contributed by atoms with van der Waals surface area (Å²) < 4.78 is 68.9. The number of unbranched alkanes of at least 4 members (excludes halogenated alkanes) is 54. The van der Waals surface area contributed by atoms with E-state index in [4.69, 9.17) is 37.0 Å². The zero-order valence-corrected chi connectivity index (χ0v) is 72.4. The molecule has 0 aromatic carbocycles. The molecule has 0 saturated carbocycles. The quantitative estimate of drug-likeness (QED) is 0.0222. The van der Waals surface area contributed by atoms with Crippen LogP contribution in [0.25, 0.3) is 0 Å². The van der Waals surface area contributed by atoms with E-state index < -0.39 is 97.5 Å². The Hall–Kier alpha value is -1.94. The van der Waals surface area contributed by atoms with Crippen LogP contribution in [0.2, 0.25) is 0 Å². The SMILES string of the molecule is CCCCCCCCCCCCCCCCCCCCCCCC(=O)O[C@H](COC(=O)CCCCCCCCCCCCCCCCCC(C)C)COP(=O)(O)OC[C@@H](O)COP(=O)(O)OC[C@@H](COC(=O)CCCCCCCCCC(C)C)OC(=O)CCCCCCCCCCCCCCCCCC(C)C. The van der Waals surface area contributed by atoms with Gasteiger partial charge in [0.2, 0.25) is 0 Å². The number of carbonyl (C=O) groups excluding carboxylic acids is 4. The smallest absolute Gasteiger partial charge is 0.462 e. The molecule has 0 bridgehead atoms. The zero-order chi connectivity index (χ0) is 78.6. The summed E-state index contributed by atoms with van der Waals surface area (Å²) in [4.78, 5) is 73.3. The highest BCUT2D eigenvalue weighted by Crippen LogP contribution is 2.45. The number of hydrogen-bond donors (Lipinski definition) is 3. The minimum absolute atomic E-state index is 0.107. The maximum atomic E-state index is 13.2. The summed E-state index contributed by atoms with van der Waals surface area (Å²) in [5.41, 5.74) is 0. The molecule has 5 atom stereocenters. The lowest BCUT2D eigenvalue weighted by molar-refractivity contribution is -0.161. The lowest BCUT2D eigenvalue weighted by Gasteiger charge is -2.21. The number of hydrogen-bond acceptors (Lipinski definition) is 15. The van der Waals surface area contributed by atoms with Crippen LogP contribution in [-0.2, 0) is 65.4 Å². The van der Waals surface area contributed by atoms with Crippen molar-refractivity contribution < 1.29 is 80.2 Å². The Morgan fingerprint density at radius 3 is 0.636 bits per heavy atom. The number of ether oxygens (including phenoxy) is 4. The van der Waals surface area contributed by atoms with Crippen LogP contribution in [0.1, 0.15) is 466 Å². The molecule has 3 N–H and O–H groups in total. The average molecular weight is 1560 g/mol. The summed E-state index contributed by atoms with van der Waals surface area (Å²) in [6.45, 7) is 12.0. The van der Waals surface area contributed by atoms with Gasteiger partial charge in [-0.3, -0.25) is 37.3 Å². The Labute approximate surface area is 658 Å². The second kappa shape index (κ2) is 78.0. The van der Waals surface area contributed by atoms with E-state index in [2.05, 4.69) is 48.5 Å². The molecular weight excluding hydrogens is 1390 g/mol. The van der Waals surface area contributed by atoms with Gasteiger partial charge in [0.25, 0.3) is 0 Å². The Balaban J connectivity index is 5.22. The minimum Gasteiger partial charge on any atom is -0.462 e. The van der Waals surface area contributed by atoms with Crippen molar-refractivity contribution in [2.24, 2.45) is 17.8 Å². The van der Waals surface area contributed by atoms with Gasteiger partial charge in [-0.1, -0.05) is 414 Å². The third-order valence-corrected chi connectivity index (χ3v) is 22.5. The van der Waals surface area contributed by atoms with E-state index in [9.17, 15) is 43.2 Å². The van der Waals surface area contributed by atoms with Crippen molar-refractivity contribution in [3.05, 3.63) is 0 Å². The van der Waals surface area contributed by atoms with E-state index in [0.717, 1.165) is 108 Å². The van der Waals surface area contributed by atoms with Gasteiger partial charge in [-0.25, -0.2) is 9.13 Å². The number of carbonyl (C=O) groups is 4. The molecule has 0 radical (unpaired) electrons. The van der Waals surface area contributed by atoms with E-state index in [0.29, 0.717) is 31.6 Å². The Kier molecular flexibility index (Phi) is 76.6. The largest absolute Gasteiger partial charge is 0.472 e. The normalized spacial score (nSPS) is 13.8. The second-order valence-electron chi connectivity index (χ2n) is 33.1. The van der Waals surface area contributed by atoms with Crippen molar-refractivity contribution in [2.75, 3.05) is 39.6 Å². The first kappa shape index (κ1) is 105. The fourth-order valence-corrected chi connectivity index (χ4v) is 15.3. The number of phosphoric ester groups is 2. The van der Waals surface area contributed by atoms with Gasteiger partial charge in [0.1, 0.15) is 19.3 Å². The van der Waals surface area contributed by atoms with E-state index >= 15 is 0 Å². The van der Waals surface area contributed by atoms with Gasteiger partial charge in [0, 0.05) is 25.7 Å². The lowest BCUT2D eigenvalue weighted by Crippen LogP contribution is -2.30. The van der Waals surface area contributed by atoms with Crippen LogP contribution < -0.4 is 0 Å². The molecule has 636 valence electrons. The molecule has 0 aliphatic carbocycles. The summed E-state index contributed by atoms with van der Waals surface area (Å²) in [5, 5.41) is 10.7. The van der Waals surface area contributed by atoms with Crippen LogP contribution in [0, 0.1) is 17.8 Å². The van der Waals surface area contributed by atoms with E-state index in [1.165, 1.54) is 270 Å². The van der Waals surface area contributed by atoms with Gasteiger partial charge in [0.05, 0.1) is 26.4 Å². The topological polar surface area (TPSA) is 237 Å². The molecule has 0 aromatic heterocycles. The lowest BCUT2D eigenvalue weighted by atomic mass is 10.0. The van der Waals surface area contributed by atoms with Crippen molar-refractivity contribution >= 4 is 39.5 Å². The van der Waals surface area contributed by atoms with E-state index in [1.54, 1.807) is 0 Å². The molecule has 0 heterocycles. The van der Waals surface area contributed by atoms with Crippen molar-refractivity contribution in [3.8, 4) is 0 Å². The van der Waals surface area contributed by atoms with Crippen LogP contribution in [0.4, 0.5) is 0 Å². The van der Waals surface area contributed by atoms with Gasteiger partial charge in [-0.15, -0.1) is 0 Å². The van der Waals surface area contributed by atoms with Gasteiger partial charge in [0.15, 0.2) is 12.2 Å².